The van der Waals surface area contributed by atoms with E-state index in [0.29, 0.717) is 30.3 Å². The first kappa shape index (κ1) is 30.4. The number of nitrogens with zero attached hydrogens (tertiary/aromatic N) is 1. The maximum Gasteiger partial charge on any atom is 0.306 e. The molecule has 0 aromatic rings. The van der Waals surface area contributed by atoms with Gasteiger partial charge in [-0.1, -0.05) is 55.4 Å². The average molecular weight is 468 g/mol. The van der Waals surface area contributed by atoms with Crippen molar-refractivity contribution in [3.63, 3.8) is 0 Å². The summed E-state index contributed by atoms with van der Waals surface area (Å²) in [6.45, 7) is 29.4. The summed E-state index contributed by atoms with van der Waals surface area (Å²) in [5.74, 6) is 0.973. The first-order chi connectivity index (χ1) is 14.8. The molecule has 1 rings (SSSR count). The summed E-state index contributed by atoms with van der Waals surface area (Å²) in [5.41, 5.74) is 0.637. The van der Waals surface area contributed by atoms with E-state index >= 15 is 0 Å². The minimum Gasteiger partial charge on any atom is -0.464 e. The monoisotopic (exact) mass is 467 g/mol. The minimum absolute atomic E-state index is 0.00930. The zero-order valence-corrected chi connectivity index (χ0v) is 24.3. The van der Waals surface area contributed by atoms with Crippen molar-refractivity contribution in [3.05, 3.63) is 0 Å². The molecule has 2 atom stereocenters. The van der Waals surface area contributed by atoms with Crippen molar-refractivity contribution in [2.75, 3.05) is 19.8 Å². The molecule has 0 aromatic carbocycles. The van der Waals surface area contributed by atoms with Crippen molar-refractivity contribution in [3.8, 4) is 0 Å². The Hall–Kier alpha value is -0.610. The summed E-state index contributed by atoms with van der Waals surface area (Å²) in [6.07, 6.45) is 6.22. The predicted molar refractivity (Wildman–Crippen MR) is 141 cm³/mol. The molecule has 0 spiro atoms. The molecule has 1 aliphatic rings. The third kappa shape index (κ3) is 12.1. The standard InChI is InChI=1S/C29H57NO3/c1-22(18-26(3,4)5)13-15-32-24-20-28(9,10)30(29(11,12)21-24)14-16-33-25(31)17-23(2)19-27(6,7)8/h22-24H,13-21H2,1-12H3. The van der Waals surface area contributed by atoms with Gasteiger partial charge in [0.2, 0.25) is 0 Å². The van der Waals surface area contributed by atoms with Crippen LogP contribution in [0.5, 0.6) is 0 Å². The van der Waals surface area contributed by atoms with Gasteiger partial charge in [-0.3, -0.25) is 9.69 Å². The lowest BCUT2D eigenvalue weighted by molar-refractivity contribution is -0.149. The van der Waals surface area contributed by atoms with E-state index in [4.69, 9.17) is 9.47 Å². The van der Waals surface area contributed by atoms with E-state index in [1.165, 1.54) is 6.42 Å². The molecule has 1 aliphatic heterocycles. The van der Waals surface area contributed by atoms with E-state index in [9.17, 15) is 4.79 Å². The Labute approximate surface area is 206 Å². The average Bonchev–Trinajstić information content (AvgIpc) is 2.52. The normalized spacial score (nSPS) is 21.6. The van der Waals surface area contributed by atoms with Crippen molar-refractivity contribution < 1.29 is 14.3 Å². The highest BCUT2D eigenvalue weighted by molar-refractivity contribution is 5.69. The summed E-state index contributed by atoms with van der Waals surface area (Å²) in [7, 11) is 0. The van der Waals surface area contributed by atoms with Gasteiger partial charge in [0.1, 0.15) is 6.61 Å². The highest BCUT2D eigenvalue weighted by atomic mass is 16.5. The van der Waals surface area contributed by atoms with Crippen LogP contribution in [0.3, 0.4) is 0 Å². The highest BCUT2D eigenvalue weighted by Crippen LogP contribution is 2.39. The summed E-state index contributed by atoms with van der Waals surface area (Å²) in [4.78, 5) is 14.9. The van der Waals surface area contributed by atoms with Crippen molar-refractivity contribution >= 4 is 5.97 Å². The number of piperidine rings is 1. The van der Waals surface area contributed by atoms with Gasteiger partial charge in [-0.2, -0.15) is 0 Å². The Morgan fingerprint density at radius 2 is 1.36 bits per heavy atom. The van der Waals surface area contributed by atoms with Gasteiger partial charge < -0.3 is 9.47 Å². The topological polar surface area (TPSA) is 38.8 Å². The maximum absolute atomic E-state index is 12.4. The van der Waals surface area contributed by atoms with E-state index in [1.54, 1.807) is 0 Å². The number of carbonyl (C=O) groups is 1. The first-order valence-electron chi connectivity index (χ1n) is 13.4. The molecule has 4 heteroatoms. The second-order valence-corrected chi connectivity index (χ2v) is 14.6. The lowest BCUT2D eigenvalue weighted by Crippen LogP contribution is -2.62. The zero-order chi connectivity index (χ0) is 25.7. The number of hydrogen-bond donors (Lipinski definition) is 0. The van der Waals surface area contributed by atoms with E-state index in [2.05, 4.69) is 88.0 Å². The summed E-state index contributed by atoms with van der Waals surface area (Å²) in [6, 6.07) is 0. The Bertz CT molecular complexity index is 579. The number of hydrogen-bond acceptors (Lipinski definition) is 4. The zero-order valence-electron chi connectivity index (χ0n) is 24.3. The molecule has 1 heterocycles. The molecular formula is C29H57NO3. The lowest BCUT2D eigenvalue weighted by Gasteiger charge is -2.55. The predicted octanol–water partition coefficient (Wildman–Crippen LogP) is 7.49. The van der Waals surface area contributed by atoms with Crippen LogP contribution in [0.1, 0.15) is 122 Å². The van der Waals surface area contributed by atoms with E-state index in [0.717, 1.165) is 38.8 Å². The summed E-state index contributed by atoms with van der Waals surface area (Å²) >= 11 is 0. The van der Waals surface area contributed by atoms with E-state index in [1.807, 2.05) is 0 Å². The van der Waals surface area contributed by atoms with Crippen LogP contribution >= 0.6 is 0 Å². The van der Waals surface area contributed by atoms with Gasteiger partial charge >= 0.3 is 5.97 Å². The van der Waals surface area contributed by atoms with Crippen LogP contribution in [-0.2, 0) is 14.3 Å². The number of ether oxygens (including phenoxy) is 2. The van der Waals surface area contributed by atoms with Gasteiger partial charge in [0, 0.05) is 30.7 Å². The Kier molecular flexibility index (Phi) is 11.0. The smallest absolute Gasteiger partial charge is 0.306 e. The fourth-order valence-electron chi connectivity index (χ4n) is 6.24. The second kappa shape index (κ2) is 11.9. The Morgan fingerprint density at radius 1 is 0.879 bits per heavy atom. The molecule has 1 fully saturated rings. The quantitative estimate of drug-likeness (QED) is 0.295. The van der Waals surface area contributed by atoms with Gasteiger partial charge in [-0.05, 0) is 82.5 Å². The maximum atomic E-state index is 12.4. The van der Waals surface area contributed by atoms with Crippen LogP contribution in [0.2, 0.25) is 0 Å². The van der Waals surface area contributed by atoms with Crippen molar-refractivity contribution in [1.29, 1.82) is 0 Å². The molecule has 33 heavy (non-hydrogen) atoms. The van der Waals surface area contributed by atoms with Crippen LogP contribution in [-0.4, -0.2) is 47.8 Å². The SMILES string of the molecule is CC(CCOC1CC(C)(C)N(CCOC(=O)CC(C)CC(C)(C)C)C(C)(C)C1)CC(C)(C)C. The van der Waals surface area contributed by atoms with Gasteiger partial charge in [-0.25, -0.2) is 0 Å². The second-order valence-electron chi connectivity index (χ2n) is 14.6. The molecule has 0 N–H and O–H groups in total. The highest BCUT2D eigenvalue weighted by Gasteiger charge is 2.45. The number of likely N-dealkylation sites (tertiary alicyclic amines) is 1. The summed E-state index contributed by atoms with van der Waals surface area (Å²) < 4.78 is 12.1. The fraction of sp³-hybridized carbons (Fsp3) is 0.966. The molecular weight excluding hydrogens is 410 g/mol. The molecule has 0 saturated carbocycles. The number of carbonyl (C=O) groups excluding carboxylic acids is 1. The number of esters is 1. The minimum atomic E-state index is -0.0649. The van der Waals surface area contributed by atoms with Crippen molar-refractivity contribution in [2.45, 2.75) is 139 Å². The van der Waals surface area contributed by atoms with Gasteiger partial charge in [0.05, 0.1) is 6.10 Å². The third-order valence-electron chi connectivity index (χ3n) is 6.89. The van der Waals surface area contributed by atoms with Crippen LogP contribution in [0, 0.1) is 22.7 Å². The largest absolute Gasteiger partial charge is 0.464 e. The van der Waals surface area contributed by atoms with Crippen LogP contribution in [0.4, 0.5) is 0 Å². The summed E-state index contributed by atoms with van der Waals surface area (Å²) in [5, 5.41) is 0. The third-order valence-corrected chi connectivity index (χ3v) is 6.89. The van der Waals surface area contributed by atoms with Crippen LogP contribution < -0.4 is 0 Å². The Balaban J connectivity index is 2.51. The molecule has 1 saturated heterocycles. The lowest BCUT2D eigenvalue weighted by atomic mass is 9.78. The fourth-order valence-corrected chi connectivity index (χ4v) is 6.24. The van der Waals surface area contributed by atoms with Crippen LogP contribution in [0.15, 0.2) is 0 Å². The molecule has 0 bridgehead atoms. The van der Waals surface area contributed by atoms with E-state index in [-0.39, 0.29) is 28.6 Å². The Morgan fingerprint density at radius 3 is 1.85 bits per heavy atom. The van der Waals surface area contributed by atoms with Gasteiger partial charge in [0.15, 0.2) is 0 Å². The molecule has 0 aromatic heterocycles. The van der Waals surface area contributed by atoms with Crippen molar-refractivity contribution in [2.24, 2.45) is 22.7 Å². The molecule has 2 unspecified atom stereocenters. The molecule has 0 radical (unpaired) electrons. The first-order valence-corrected chi connectivity index (χ1v) is 13.4. The van der Waals surface area contributed by atoms with Gasteiger partial charge in [0.25, 0.3) is 0 Å². The molecule has 4 nitrogen and oxygen atoms in total. The number of rotatable bonds is 11. The van der Waals surface area contributed by atoms with Crippen molar-refractivity contribution in [1.82, 2.24) is 4.90 Å². The van der Waals surface area contributed by atoms with E-state index < -0.39 is 0 Å². The molecule has 0 aliphatic carbocycles. The van der Waals surface area contributed by atoms with Crippen LogP contribution in [0.25, 0.3) is 0 Å². The molecule has 0 amide bonds. The molecule has 196 valence electrons. The van der Waals surface area contributed by atoms with Gasteiger partial charge in [-0.15, -0.1) is 0 Å².